The van der Waals surface area contributed by atoms with Crippen LogP contribution in [0.4, 0.5) is 0 Å². The van der Waals surface area contributed by atoms with Gasteiger partial charge in [-0.15, -0.1) is 11.3 Å². The third kappa shape index (κ3) is 6.52. The Kier molecular flexibility index (Phi) is 8.63. The van der Waals surface area contributed by atoms with Gasteiger partial charge in [-0.2, -0.15) is 4.31 Å². The molecule has 0 radical (unpaired) electrons. The lowest BCUT2D eigenvalue weighted by Gasteiger charge is -2.21. The molecule has 0 aliphatic carbocycles. The maximum absolute atomic E-state index is 13.3. The smallest absolute Gasteiger partial charge is 0.243 e. The first-order valence-electron chi connectivity index (χ1n) is 10.2. The van der Waals surface area contributed by atoms with Crippen LogP contribution in [-0.2, 0) is 27.9 Å². The van der Waals surface area contributed by atoms with Crippen LogP contribution in [0.15, 0.2) is 58.8 Å². The highest BCUT2D eigenvalue weighted by molar-refractivity contribution is 7.89. The molecule has 0 N–H and O–H groups in total. The summed E-state index contributed by atoms with van der Waals surface area (Å²) in [5.41, 5.74) is 1.85. The number of rotatable bonds is 12. The monoisotopic (exact) mass is 476 g/mol. The Hall–Kier alpha value is -2.46. The van der Waals surface area contributed by atoms with Gasteiger partial charge in [0.05, 0.1) is 24.2 Å². The molecular formula is C23H28N2O5S2. The summed E-state index contributed by atoms with van der Waals surface area (Å²) >= 11 is 1.45. The van der Waals surface area contributed by atoms with E-state index in [1.165, 1.54) is 21.2 Å². The summed E-state index contributed by atoms with van der Waals surface area (Å²) < 4.78 is 44.0. The van der Waals surface area contributed by atoms with Gasteiger partial charge in [0.2, 0.25) is 10.0 Å². The maximum Gasteiger partial charge on any atom is 0.243 e. The fourth-order valence-corrected chi connectivity index (χ4v) is 5.16. The first-order chi connectivity index (χ1) is 15.4. The zero-order valence-corrected chi connectivity index (χ0v) is 20.1. The molecule has 0 spiro atoms. The van der Waals surface area contributed by atoms with E-state index in [4.69, 9.17) is 14.2 Å². The molecule has 0 atom stereocenters. The molecule has 1 aromatic heterocycles. The molecule has 172 valence electrons. The van der Waals surface area contributed by atoms with Crippen molar-refractivity contribution in [1.82, 2.24) is 9.29 Å². The van der Waals surface area contributed by atoms with Crippen LogP contribution >= 0.6 is 11.3 Å². The average Bonchev–Trinajstić information content (AvgIpc) is 3.25. The van der Waals surface area contributed by atoms with Gasteiger partial charge in [0.25, 0.3) is 0 Å². The van der Waals surface area contributed by atoms with Gasteiger partial charge in [0.1, 0.15) is 23.1 Å². The van der Waals surface area contributed by atoms with E-state index in [2.05, 4.69) is 4.98 Å². The van der Waals surface area contributed by atoms with Crippen LogP contribution in [0.25, 0.3) is 0 Å². The third-order valence-electron chi connectivity index (χ3n) is 4.77. The number of thiazole rings is 1. The molecule has 0 saturated carbocycles. The van der Waals surface area contributed by atoms with E-state index in [9.17, 15) is 8.42 Å². The summed E-state index contributed by atoms with van der Waals surface area (Å²) in [5, 5.41) is 2.67. The van der Waals surface area contributed by atoms with Crippen molar-refractivity contribution in [3.63, 3.8) is 0 Å². The van der Waals surface area contributed by atoms with Crippen LogP contribution in [0.5, 0.6) is 11.5 Å². The minimum atomic E-state index is -3.70. The lowest BCUT2D eigenvalue weighted by atomic mass is 10.2. The molecule has 0 fully saturated rings. The van der Waals surface area contributed by atoms with Gasteiger partial charge in [-0.05, 0) is 49.7 Å². The Bertz CT molecular complexity index is 1080. The maximum atomic E-state index is 13.3. The number of hydrogen-bond donors (Lipinski definition) is 0. The van der Waals surface area contributed by atoms with Gasteiger partial charge in [0, 0.05) is 25.6 Å². The third-order valence-corrected chi connectivity index (χ3v) is 7.50. The predicted molar refractivity (Wildman–Crippen MR) is 125 cm³/mol. The highest BCUT2D eigenvalue weighted by Crippen LogP contribution is 2.23. The molecule has 7 nitrogen and oxygen atoms in total. The quantitative estimate of drug-likeness (QED) is 0.364. The molecule has 0 aliphatic heterocycles. The molecule has 2 aromatic carbocycles. The van der Waals surface area contributed by atoms with Crippen molar-refractivity contribution >= 4 is 21.4 Å². The molecular weight excluding hydrogens is 448 g/mol. The van der Waals surface area contributed by atoms with Crippen molar-refractivity contribution in [3.05, 3.63) is 70.2 Å². The van der Waals surface area contributed by atoms with Crippen LogP contribution in [0.1, 0.15) is 22.7 Å². The van der Waals surface area contributed by atoms with Crippen LogP contribution < -0.4 is 9.47 Å². The largest absolute Gasteiger partial charge is 0.497 e. The molecule has 3 aromatic rings. The van der Waals surface area contributed by atoms with E-state index in [0.29, 0.717) is 37.6 Å². The molecule has 1 heterocycles. The van der Waals surface area contributed by atoms with Crippen LogP contribution in [0.3, 0.4) is 0 Å². The van der Waals surface area contributed by atoms with Crippen LogP contribution in [0.2, 0.25) is 0 Å². The summed E-state index contributed by atoms with van der Waals surface area (Å²) in [6.45, 7) is 3.34. The minimum Gasteiger partial charge on any atom is -0.497 e. The normalized spacial score (nSPS) is 11.6. The fraction of sp³-hybridized carbons (Fsp3) is 0.348. The van der Waals surface area contributed by atoms with E-state index in [1.54, 1.807) is 38.5 Å². The predicted octanol–water partition coefficient (Wildman–Crippen LogP) is 4.27. The lowest BCUT2D eigenvalue weighted by molar-refractivity contribution is 0.186. The van der Waals surface area contributed by atoms with Crippen molar-refractivity contribution < 1.29 is 22.6 Å². The van der Waals surface area contributed by atoms with Crippen molar-refractivity contribution in [2.24, 2.45) is 0 Å². The van der Waals surface area contributed by atoms with E-state index in [0.717, 1.165) is 10.8 Å². The summed E-state index contributed by atoms with van der Waals surface area (Å²) in [6.07, 6.45) is 0.583. The molecule has 0 bridgehead atoms. The van der Waals surface area contributed by atoms with Gasteiger partial charge in [-0.1, -0.05) is 17.7 Å². The van der Waals surface area contributed by atoms with Gasteiger partial charge in [-0.25, -0.2) is 13.4 Å². The number of hydrogen-bond acceptors (Lipinski definition) is 7. The molecule has 0 unspecified atom stereocenters. The van der Waals surface area contributed by atoms with Crippen LogP contribution in [0, 0.1) is 6.92 Å². The number of aromatic nitrogens is 1. The van der Waals surface area contributed by atoms with Gasteiger partial charge in [0.15, 0.2) is 0 Å². The minimum absolute atomic E-state index is 0.180. The first kappa shape index (κ1) is 24.2. The summed E-state index contributed by atoms with van der Waals surface area (Å²) in [5.74, 6) is 1.38. The average molecular weight is 477 g/mol. The second kappa shape index (κ2) is 11.4. The van der Waals surface area contributed by atoms with Crippen molar-refractivity contribution in [1.29, 1.82) is 0 Å². The van der Waals surface area contributed by atoms with Gasteiger partial charge in [-0.3, -0.25) is 0 Å². The van der Waals surface area contributed by atoms with Crippen molar-refractivity contribution in [2.75, 3.05) is 27.4 Å². The molecule has 0 saturated heterocycles. The Morgan fingerprint density at radius 1 is 1.00 bits per heavy atom. The zero-order valence-electron chi connectivity index (χ0n) is 18.5. The number of nitrogens with zero attached hydrogens (tertiary/aromatic N) is 2. The van der Waals surface area contributed by atoms with Crippen molar-refractivity contribution in [3.8, 4) is 11.5 Å². The number of ether oxygens (including phenoxy) is 3. The van der Waals surface area contributed by atoms with E-state index in [-0.39, 0.29) is 11.4 Å². The lowest BCUT2D eigenvalue weighted by Crippen LogP contribution is -2.32. The molecule has 3 rings (SSSR count). The highest BCUT2D eigenvalue weighted by atomic mass is 32.2. The molecule has 0 aliphatic rings. The van der Waals surface area contributed by atoms with E-state index < -0.39 is 10.0 Å². The Morgan fingerprint density at radius 2 is 1.69 bits per heavy atom. The highest BCUT2D eigenvalue weighted by Gasteiger charge is 2.25. The first-order valence-corrected chi connectivity index (χ1v) is 12.5. The number of methoxy groups -OCH3 is 2. The standard InChI is InChI=1S/C23H28N2O5S2/c1-18-5-7-21(8-6-18)30-16-23-24-19(17-31-23)15-25(13-4-14-28-2)32(26,27)22-11-9-20(29-3)10-12-22/h5-12,17H,4,13-16H2,1-3H3. The van der Waals surface area contributed by atoms with E-state index >= 15 is 0 Å². The van der Waals surface area contributed by atoms with Crippen LogP contribution in [-0.4, -0.2) is 45.1 Å². The Balaban J connectivity index is 1.71. The van der Waals surface area contributed by atoms with Crippen molar-refractivity contribution in [2.45, 2.75) is 31.4 Å². The Morgan fingerprint density at radius 3 is 2.34 bits per heavy atom. The number of benzene rings is 2. The molecule has 32 heavy (non-hydrogen) atoms. The second-order valence-electron chi connectivity index (χ2n) is 7.19. The summed E-state index contributed by atoms with van der Waals surface area (Å²) in [6, 6.07) is 14.2. The van der Waals surface area contributed by atoms with E-state index in [1.807, 2.05) is 36.6 Å². The number of sulfonamides is 1. The molecule has 9 heteroatoms. The summed E-state index contributed by atoms with van der Waals surface area (Å²) in [4.78, 5) is 4.80. The topological polar surface area (TPSA) is 78.0 Å². The van der Waals surface area contributed by atoms with Gasteiger partial charge < -0.3 is 14.2 Å². The Labute approximate surface area is 193 Å². The second-order valence-corrected chi connectivity index (χ2v) is 10.1. The zero-order chi connectivity index (χ0) is 23.0. The summed E-state index contributed by atoms with van der Waals surface area (Å²) in [7, 11) is -0.554. The molecule has 0 amide bonds. The fourth-order valence-electron chi connectivity index (χ4n) is 3.01. The van der Waals surface area contributed by atoms with Gasteiger partial charge >= 0.3 is 0 Å². The SMILES string of the molecule is COCCCN(Cc1csc(COc2ccc(C)cc2)n1)S(=O)(=O)c1ccc(OC)cc1. The number of aryl methyl sites for hydroxylation is 1.